The first-order chi connectivity index (χ1) is 11.5. The van der Waals surface area contributed by atoms with Crippen LogP contribution in [-0.4, -0.2) is 11.6 Å². The van der Waals surface area contributed by atoms with Crippen LogP contribution in [0.1, 0.15) is 43.1 Å². The van der Waals surface area contributed by atoms with Gasteiger partial charge in [0.2, 0.25) is 0 Å². The van der Waals surface area contributed by atoms with Gasteiger partial charge in [-0.05, 0) is 49.1 Å². The molecule has 24 heavy (non-hydrogen) atoms. The smallest absolute Gasteiger partial charge is 0.271 e. The Morgan fingerprint density at radius 2 is 1.75 bits per heavy atom. The number of ether oxygens (including phenoxy) is 1. The maximum Gasteiger partial charge on any atom is 0.271 e. The first-order valence-electron chi connectivity index (χ1n) is 8.15. The van der Waals surface area contributed by atoms with Crippen LogP contribution < -0.4 is 10.2 Å². The molecule has 1 amide bonds. The zero-order valence-electron chi connectivity index (χ0n) is 14.5. The van der Waals surface area contributed by atoms with Crippen molar-refractivity contribution in [2.24, 2.45) is 11.0 Å². The second-order valence-corrected chi connectivity index (χ2v) is 6.18. The number of hydrazone groups is 1. The lowest BCUT2D eigenvalue weighted by Gasteiger charge is -2.07. The van der Waals surface area contributed by atoms with Gasteiger partial charge >= 0.3 is 0 Å². The molecule has 0 fully saturated rings. The molecule has 4 heteroatoms. The van der Waals surface area contributed by atoms with E-state index < -0.39 is 0 Å². The van der Waals surface area contributed by atoms with E-state index >= 15 is 0 Å². The fourth-order valence-corrected chi connectivity index (χ4v) is 2.29. The van der Waals surface area contributed by atoms with Crippen LogP contribution in [0.3, 0.4) is 0 Å². The summed E-state index contributed by atoms with van der Waals surface area (Å²) >= 11 is 0. The molecule has 0 radical (unpaired) electrons. The summed E-state index contributed by atoms with van der Waals surface area (Å²) in [5.41, 5.74) is 5.17. The average Bonchev–Trinajstić information content (AvgIpc) is 2.58. The van der Waals surface area contributed by atoms with Gasteiger partial charge < -0.3 is 4.74 Å². The molecule has 2 aromatic rings. The highest BCUT2D eigenvalue weighted by atomic mass is 16.5. The minimum absolute atomic E-state index is 0.215. The summed E-state index contributed by atoms with van der Waals surface area (Å²) in [7, 11) is 0. The predicted molar refractivity (Wildman–Crippen MR) is 97.2 cm³/mol. The Morgan fingerprint density at radius 3 is 2.38 bits per heavy atom. The summed E-state index contributed by atoms with van der Waals surface area (Å²) in [6.07, 6.45) is 0.868. The third-order valence-corrected chi connectivity index (χ3v) is 3.42. The molecule has 0 unspecified atom stereocenters. The Balaban J connectivity index is 1.88. The number of carbonyl (C=O) groups is 1. The molecule has 0 aromatic heterocycles. The van der Waals surface area contributed by atoms with Gasteiger partial charge in [0.05, 0.1) is 0 Å². The highest BCUT2D eigenvalue weighted by Gasteiger charge is 2.05. The molecule has 1 N–H and O–H groups in total. The van der Waals surface area contributed by atoms with Crippen LogP contribution in [0.2, 0.25) is 0 Å². The fourth-order valence-electron chi connectivity index (χ4n) is 2.29. The molecule has 0 saturated heterocycles. The predicted octanol–water partition coefficient (Wildman–Crippen LogP) is 4.42. The van der Waals surface area contributed by atoms with E-state index in [4.69, 9.17) is 4.74 Å². The van der Waals surface area contributed by atoms with E-state index in [-0.39, 0.29) is 5.91 Å². The second kappa shape index (κ2) is 8.87. The monoisotopic (exact) mass is 324 g/mol. The van der Waals surface area contributed by atoms with Crippen LogP contribution in [0.25, 0.3) is 0 Å². The molecule has 0 aliphatic rings. The molecular formula is C20H24N2O2. The van der Waals surface area contributed by atoms with Gasteiger partial charge in [-0.15, -0.1) is 0 Å². The number of hydrogen-bond donors (Lipinski definition) is 1. The zero-order chi connectivity index (χ0) is 17.4. The van der Waals surface area contributed by atoms with E-state index in [9.17, 15) is 4.79 Å². The van der Waals surface area contributed by atoms with Crippen molar-refractivity contribution >= 4 is 11.6 Å². The minimum Gasteiger partial charge on any atom is -0.489 e. The number of carbonyl (C=O) groups excluding carboxylic acids is 1. The maximum absolute atomic E-state index is 12.1. The van der Waals surface area contributed by atoms with Crippen LogP contribution in [0.5, 0.6) is 5.75 Å². The number of benzene rings is 2. The highest BCUT2D eigenvalue weighted by molar-refractivity contribution is 5.95. The van der Waals surface area contributed by atoms with Gasteiger partial charge in [0, 0.05) is 11.3 Å². The number of nitrogens with one attached hydrogen (secondary N) is 1. The lowest BCUT2D eigenvalue weighted by atomic mass is 10.1. The number of hydrogen-bond acceptors (Lipinski definition) is 3. The molecule has 0 saturated carbocycles. The largest absolute Gasteiger partial charge is 0.489 e. The quantitative estimate of drug-likeness (QED) is 0.605. The molecule has 0 atom stereocenters. The summed E-state index contributed by atoms with van der Waals surface area (Å²) < 4.78 is 5.71. The number of rotatable bonds is 7. The van der Waals surface area contributed by atoms with Crippen LogP contribution in [0, 0.1) is 5.92 Å². The lowest BCUT2D eigenvalue weighted by molar-refractivity contribution is 0.0954. The van der Waals surface area contributed by atoms with E-state index in [1.54, 1.807) is 24.3 Å². The Hall–Kier alpha value is -2.62. The van der Waals surface area contributed by atoms with Crippen molar-refractivity contribution in [2.75, 3.05) is 0 Å². The van der Waals surface area contributed by atoms with E-state index in [1.807, 2.05) is 37.3 Å². The van der Waals surface area contributed by atoms with Gasteiger partial charge in [-0.25, -0.2) is 5.43 Å². The van der Waals surface area contributed by atoms with E-state index in [1.165, 1.54) is 0 Å². The van der Waals surface area contributed by atoms with Crippen molar-refractivity contribution < 1.29 is 9.53 Å². The van der Waals surface area contributed by atoms with Gasteiger partial charge in [-0.2, -0.15) is 5.10 Å². The van der Waals surface area contributed by atoms with Crippen molar-refractivity contribution in [3.63, 3.8) is 0 Å². The van der Waals surface area contributed by atoms with E-state index in [2.05, 4.69) is 24.4 Å². The van der Waals surface area contributed by atoms with Crippen LogP contribution in [-0.2, 0) is 6.61 Å². The highest BCUT2D eigenvalue weighted by Crippen LogP contribution is 2.14. The summed E-state index contributed by atoms with van der Waals surface area (Å²) in [5.74, 6) is 1.04. The van der Waals surface area contributed by atoms with E-state index in [0.717, 1.165) is 23.4 Å². The third-order valence-electron chi connectivity index (χ3n) is 3.42. The Bertz CT molecular complexity index is 677. The SMILES string of the molecule is CC(CC(C)C)=NNC(=O)c1ccc(OCc2ccccc2)cc1. The minimum atomic E-state index is -0.215. The summed E-state index contributed by atoms with van der Waals surface area (Å²) in [6.45, 7) is 6.66. The van der Waals surface area contributed by atoms with Crippen molar-refractivity contribution in [1.29, 1.82) is 0 Å². The number of amides is 1. The summed E-state index contributed by atoms with van der Waals surface area (Å²) in [5, 5.41) is 4.12. The van der Waals surface area contributed by atoms with Crippen molar-refractivity contribution in [2.45, 2.75) is 33.8 Å². The van der Waals surface area contributed by atoms with Gasteiger partial charge in [0.15, 0.2) is 0 Å². The standard InChI is InChI=1S/C20H24N2O2/c1-15(2)13-16(3)21-22-20(23)18-9-11-19(12-10-18)24-14-17-7-5-4-6-8-17/h4-12,15H,13-14H2,1-3H3,(H,22,23). The molecule has 0 aliphatic heterocycles. The van der Waals surface area contributed by atoms with Crippen LogP contribution in [0.15, 0.2) is 59.7 Å². The molecule has 2 rings (SSSR count). The third kappa shape index (κ3) is 5.88. The first-order valence-corrected chi connectivity index (χ1v) is 8.15. The fraction of sp³-hybridized carbons (Fsp3) is 0.300. The second-order valence-electron chi connectivity index (χ2n) is 6.18. The molecule has 0 heterocycles. The van der Waals surface area contributed by atoms with Crippen LogP contribution in [0.4, 0.5) is 0 Å². The van der Waals surface area contributed by atoms with Crippen molar-refractivity contribution in [1.82, 2.24) is 5.43 Å². The first kappa shape index (κ1) is 17.7. The Labute approximate surface area is 143 Å². The number of nitrogens with zero attached hydrogens (tertiary/aromatic N) is 1. The van der Waals surface area contributed by atoms with Crippen molar-refractivity contribution in [3.8, 4) is 5.75 Å². The van der Waals surface area contributed by atoms with Gasteiger partial charge in [0.1, 0.15) is 12.4 Å². The van der Waals surface area contributed by atoms with Crippen LogP contribution >= 0.6 is 0 Å². The van der Waals surface area contributed by atoms with Gasteiger partial charge in [0.25, 0.3) is 5.91 Å². The van der Waals surface area contributed by atoms with Crippen molar-refractivity contribution in [3.05, 3.63) is 65.7 Å². The lowest BCUT2D eigenvalue weighted by Crippen LogP contribution is -2.19. The molecule has 2 aromatic carbocycles. The average molecular weight is 324 g/mol. The molecule has 126 valence electrons. The molecule has 0 bridgehead atoms. The maximum atomic E-state index is 12.1. The topological polar surface area (TPSA) is 50.7 Å². The van der Waals surface area contributed by atoms with Gasteiger partial charge in [-0.3, -0.25) is 4.79 Å². The molecule has 0 spiro atoms. The van der Waals surface area contributed by atoms with E-state index in [0.29, 0.717) is 18.1 Å². The summed E-state index contributed by atoms with van der Waals surface area (Å²) in [4.78, 5) is 12.1. The molecule has 0 aliphatic carbocycles. The molecule has 4 nitrogen and oxygen atoms in total. The zero-order valence-corrected chi connectivity index (χ0v) is 14.5. The summed E-state index contributed by atoms with van der Waals surface area (Å²) in [6, 6.07) is 17.0. The Kier molecular flexibility index (Phi) is 6.55. The van der Waals surface area contributed by atoms with Gasteiger partial charge in [-0.1, -0.05) is 44.2 Å². The Morgan fingerprint density at radius 1 is 1.08 bits per heavy atom. The molecular weight excluding hydrogens is 300 g/mol. The normalized spacial score (nSPS) is 11.4.